The molecule has 0 aromatic carbocycles. The molecule has 0 amide bonds. The second-order valence-corrected chi connectivity index (χ2v) is 3.59. The van der Waals surface area contributed by atoms with Crippen molar-refractivity contribution in [3.05, 3.63) is 11.8 Å². The molecule has 1 rings (SSSR count). The Morgan fingerprint density at radius 1 is 1.56 bits per heavy atom. The molecule has 1 atom stereocenters. The summed E-state index contributed by atoms with van der Waals surface area (Å²) < 4.78 is 10.1. The van der Waals surface area contributed by atoms with Gasteiger partial charge in [0.25, 0.3) is 0 Å². The Hall–Kier alpha value is -1.89. The molecule has 1 aromatic rings. The van der Waals surface area contributed by atoms with Crippen LogP contribution in [0.3, 0.4) is 0 Å². The van der Waals surface area contributed by atoms with E-state index in [9.17, 15) is 4.79 Å². The molecule has 0 fully saturated rings. The lowest BCUT2D eigenvalue weighted by Crippen LogP contribution is -2.34. The van der Waals surface area contributed by atoms with Crippen molar-refractivity contribution in [1.82, 2.24) is 9.97 Å². The number of hydrogen-bond acceptors (Lipinski definition) is 6. The van der Waals surface area contributed by atoms with Gasteiger partial charge >= 0.3 is 5.97 Å². The predicted molar refractivity (Wildman–Crippen MR) is 64.9 cm³/mol. The molecule has 0 radical (unpaired) electrons. The summed E-state index contributed by atoms with van der Waals surface area (Å²) in [6.07, 6.45) is 0. The fraction of sp³-hybridized carbons (Fsp3) is 0.545. The maximum atomic E-state index is 11.0. The third-order valence-corrected chi connectivity index (χ3v) is 2.06. The zero-order valence-electron chi connectivity index (χ0n) is 10.6. The zero-order chi connectivity index (χ0) is 13.5. The van der Waals surface area contributed by atoms with E-state index in [2.05, 4.69) is 15.3 Å². The minimum Gasteiger partial charge on any atom is -0.480 e. The van der Waals surface area contributed by atoms with Crippen LogP contribution in [0.5, 0.6) is 5.88 Å². The van der Waals surface area contributed by atoms with E-state index in [1.165, 1.54) is 7.11 Å². The number of rotatable bonds is 7. The highest BCUT2D eigenvalue weighted by Crippen LogP contribution is 2.12. The van der Waals surface area contributed by atoms with E-state index in [0.29, 0.717) is 18.2 Å². The van der Waals surface area contributed by atoms with Crippen molar-refractivity contribution in [2.45, 2.75) is 19.9 Å². The molecule has 7 heteroatoms. The number of ether oxygens (including phenoxy) is 2. The van der Waals surface area contributed by atoms with Crippen LogP contribution in [0.1, 0.15) is 12.6 Å². The molecule has 0 aliphatic carbocycles. The summed E-state index contributed by atoms with van der Waals surface area (Å²) in [5.74, 6) is -0.406. The van der Waals surface area contributed by atoms with Crippen LogP contribution in [0.25, 0.3) is 0 Å². The van der Waals surface area contributed by atoms with Crippen molar-refractivity contribution in [3.8, 4) is 5.88 Å². The number of carbonyl (C=O) groups is 1. The Labute approximate surface area is 105 Å². The van der Waals surface area contributed by atoms with Crippen molar-refractivity contribution < 1.29 is 19.4 Å². The summed E-state index contributed by atoms with van der Waals surface area (Å²) in [6, 6.07) is 0.784. The average molecular weight is 255 g/mol. The van der Waals surface area contributed by atoms with Crippen LogP contribution in [-0.2, 0) is 9.53 Å². The molecule has 1 unspecified atom stereocenters. The van der Waals surface area contributed by atoms with Gasteiger partial charge in [-0.1, -0.05) is 0 Å². The molecule has 0 aliphatic rings. The Bertz CT molecular complexity index is 411. The van der Waals surface area contributed by atoms with Gasteiger partial charge in [-0.25, -0.2) is 9.78 Å². The summed E-state index contributed by atoms with van der Waals surface area (Å²) in [7, 11) is 1.43. The molecule has 0 spiro atoms. The molecule has 1 heterocycles. The number of aliphatic carboxylic acids is 1. The lowest BCUT2D eigenvalue weighted by atomic mass is 10.3. The minimum atomic E-state index is -1.03. The number of carboxylic acids is 1. The van der Waals surface area contributed by atoms with E-state index >= 15 is 0 Å². The van der Waals surface area contributed by atoms with Crippen molar-refractivity contribution in [2.75, 3.05) is 25.6 Å². The van der Waals surface area contributed by atoms with Gasteiger partial charge in [-0.2, -0.15) is 4.98 Å². The number of aromatic nitrogens is 2. The summed E-state index contributed by atoms with van der Waals surface area (Å²) in [5.41, 5.74) is 0.692. The number of hydrogen-bond donors (Lipinski definition) is 2. The molecule has 0 aliphatic heterocycles. The van der Waals surface area contributed by atoms with E-state index in [-0.39, 0.29) is 12.6 Å². The number of anilines is 1. The van der Waals surface area contributed by atoms with Crippen LogP contribution in [0, 0.1) is 6.92 Å². The zero-order valence-corrected chi connectivity index (χ0v) is 10.6. The highest BCUT2D eigenvalue weighted by Gasteiger charge is 2.18. The number of aryl methyl sites for hydroxylation is 1. The topological polar surface area (TPSA) is 93.6 Å². The summed E-state index contributed by atoms with van der Waals surface area (Å²) >= 11 is 0. The van der Waals surface area contributed by atoms with Crippen LogP contribution in [-0.4, -0.2) is 47.4 Å². The quantitative estimate of drug-likeness (QED) is 0.740. The van der Waals surface area contributed by atoms with E-state index in [1.807, 2.05) is 6.92 Å². The molecule has 0 saturated carbocycles. The fourth-order valence-corrected chi connectivity index (χ4v) is 1.32. The van der Waals surface area contributed by atoms with Gasteiger partial charge in [0.2, 0.25) is 11.8 Å². The number of nitrogens with one attached hydrogen (secondary N) is 1. The monoisotopic (exact) mass is 255 g/mol. The van der Waals surface area contributed by atoms with Crippen molar-refractivity contribution >= 4 is 11.9 Å². The Kier molecular flexibility index (Phi) is 5.31. The second-order valence-electron chi connectivity index (χ2n) is 3.59. The summed E-state index contributed by atoms with van der Waals surface area (Å²) in [5, 5.41) is 11.7. The fourth-order valence-electron chi connectivity index (χ4n) is 1.32. The van der Waals surface area contributed by atoms with E-state index in [4.69, 9.17) is 14.6 Å². The Morgan fingerprint density at radius 3 is 2.83 bits per heavy atom. The summed E-state index contributed by atoms with van der Waals surface area (Å²) in [6.45, 7) is 4.13. The first-order chi connectivity index (χ1) is 8.56. The van der Waals surface area contributed by atoms with Crippen molar-refractivity contribution in [3.63, 3.8) is 0 Å². The Balaban J connectivity index is 2.84. The van der Waals surface area contributed by atoms with Crippen LogP contribution in [0.2, 0.25) is 0 Å². The molecule has 7 nitrogen and oxygen atoms in total. The van der Waals surface area contributed by atoms with Gasteiger partial charge in [-0.05, 0) is 13.8 Å². The first-order valence-corrected chi connectivity index (χ1v) is 5.53. The molecule has 1 aromatic heterocycles. The van der Waals surface area contributed by atoms with Gasteiger partial charge in [0, 0.05) is 18.9 Å². The first-order valence-electron chi connectivity index (χ1n) is 5.53. The largest absolute Gasteiger partial charge is 0.480 e. The SMILES string of the molecule is CCOc1cc(C)nc(NC(COC)C(=O)O)n1. The van der Waals surface area contributed by atoms with E-state index in [1.54, 1.807) is 13.0 Å². The number of methoxy groups -OCH3 is 1. The van der Waals surface area contributed by atoms with Crippen molar-refractivity contribution in [2.24, 2.45) is 0 Å². The van der Waals surface area contributed by atoms with Gasteiger partial charge in [0.15, 0.2) is 6.04 Å². The van der Waals surface area contributed by atoms with E-state index in [0.717, 1.165) is 0 Å². The molecule has 0 bridgehead atoms. The maximum absolute atomic E-state index is 11.0. The minimum absolute atomic E-state index is 0.0244. The second kappa shape index (κ2) is 6.75. The molecule has 18 heavy (non-hydrogen) atoms. The van der Waals surface area contributed by atoms with Crippen LogP contribution < -0.4 is 10.1 Å². The smallest absolute Gasteiger partial charge is 0.328 e. The first kappa shape index (κ1) is 14.2. The van der Waals surface area contributed by atoms with Gasteiger partial charge in [-0.3, -0.25) is 0 Å². The number of carboxylic acid groups (broad SMARTS) is 1. The highest BCUT2D eigenvalue weighted by atomic mass is 16.5. The summed E-state index contributed by atoms with van der Waals surface area (Å²) in [4.78, 5) is 19.1. The number of nitrogens with zero attached hydrogens (tertiary/aromatic N) is 2. The standard InChI is InChI=1S/C11H17N3O4/c1-4-18-9-5-7(2)12-11(14-9)13-8(6-17-3)10(15)16/h5,8H,4,6H2,1-3H3,(H,15,16)(H,12,13,14). The Morgan fingerprint density at radius 2 is 2.28 bits per heavy atom. The lowest BCUT2D eigenvalue weighted by Gasteiger charge is -2.14. The molecular formula is C11H17N3O4. The van der Waals surface area contributed by atoms with Crippen LogP contribution in [0.4, 0.5) is 5.95 Å². The normalized spacial score (nSPS) is 11.9. The lowest BCUT2D eigenvalue weighted by molar-refractivity contribution is -0.139. The third-order valence-electron chi connectivity index (χ3n) is 2.06. The van der Waals surface area contributed by atoms with Crippen LogP contribution in [0.15, 0.2) is 6.07 Å². The van der Waals surface area contributed by atoms with Gasteiger partial charge in [0.1, 0.15) is 0 Å². The molecule has 100 valence electrons. The van der Waals surface area contributed by atoms with Crippen LogP contribution >= 0.6 is 0 Å². The van der Waals surface area contributed by atoms with E-state index < -0.39 is 12.0 Å². The molecule has 0 saturated heterocycles. The molecule has 2 N–H and O–H groups in total. The maximum Gasteiger partial charge on any atom is 0.328 e. The molecular weight excluding hydrogens is 238 g/mol. The van der Waals surface area contributed by atoms with Gasteiger partial charge in [-0.15, -0.1) is 0 Å². The highest BCUT2D eigenvalue weighted by molar-refractivity contribution is 5.76. The third kappa shape index (κ3) is 4.17. The van der Waals surface area contributed by atoms with Crippen molar-refractivity contribution in [1.29, 1.82) is 0 Å². The average Bonchev–Trinajstić information content (AvgIpc) is 2.28. The van der Waals surface area contributed by atoms with Gasteiger partial charge in [0.05, 0.1) is 13.2 Å². The van der Waals surface area contributed by atoms with Gasteiger partial charge < -0.3 is 19.9 Å². The predicted octanol–water partition coefficient (Wildman–Crippen LogP) is 0.695.